The summed E-state index contributed by atoms with van der Waals surface area (Å²) in [4.78, 5) is 6.68. The second-order valence-corrected chi connectivity index (χ2v) is 7.69. The number of ether oxygens (including phenoxy) is 1. The molecular formula is C24H30N2O2. The zero-order valence-electron chi connectivity index (χ0n) is 16.9. The average Bonchev–Trinajstić information content (AvgIpc) is 2.73. The van der Waals surface area contributed by atoms with E-state index in [1.54, 1.807) is 14.0 Å². The lowest BCUT2D eigenvalue weighted by molar-refractivity contribution is 0.112. The summed E-state index contributed by atoms with van der Waals surface area (Å²) in [5, 5.41) is 10.7. The maximum absolute atomic E-state index is 10.7. The van der Waals surface area contributed by atoms with Crippen LogP contribution < -0.4 is 4.74 Å². The fourth-order valence-corrected chi connectivity index (χ4v) is 3.70. The molecule has 1 aromatic carbocycles. The monoisotopic (exact) mass is 378 g/mol. The van der Waals surface area contributed by atoms with Crippen LogP contribution in [-0.2, 0) is 6.42 Å². The zero-order chi connectivity index (χ0) is 19.8. The van der Waals surface area contributed by atoms with E-state index in [9.17, 15) is 5.11 Å². The summed E-state index contributed by atoms with van der Waals surface area (Å²) in [5.41, 5.74) is 1.45. The van der Waals surface area contributed by atoms with Crippen molar-refractivity contribution in [1.29, 1.82) is 0 Å². The highest BCUT2D eigenvalue weighted by atomic mass is 16.5. The van der Waals surface area contributed by atoms with E-state index in [0.29, 0.717) is 19.0 Å². The van der Waals surface area contributed by atoms with E-state index in [1.807, 2.05) is 42.7 Å². The summed E-state index contributed by atoms with van der Waals surface area (Å²) >= 11 is 0. The van der Waals surface area contributed by atoms with Crippen LogP contribution in [0.5, 0.6) is 5.75 Å². The molecule has 1 aliphatic heterocycles. The molecule has 0 amide bonds. The van der Waals surface area contributed by atoms with E-state index in [2.05, 4.69) is 27.8 Å². The fraction of sp³-hybridized carbons (Fsp3) is 0.458. The number of benzene rings is 1. The smallest absolute Gasteiger partial charge is 0.123 e. The Hall–Kier alpha value is -2.35. The van der Waals surface area contributed by atoms with E-state index in [0.717, 1.165) is 25.1 Å². The van der Waals surface area contributed by atoms with Crippen LogP contribution in [0.15, 0.2) is 48.8 Å². The van der Waals surface area contributed by atoms with Gasteiger partial charge in [-0.1, -0.05) is 36.5 Å². The van der Waals surface area contributed by atoms with Crippen LogP contribution in [0.25, 0.3) is 0 Å². The second-order valence-electron chi connectivity index (χ2n) is 7.69. The largest absolute Gasteiger partial charge is 0.497 e. The molecule has 1 fully saturated rings. The van der Waals surface area contributed by atoms with Crippen molar-refractivity contribution in [2.24, 2.45) is 0 Å². The Kier molecular flexibility index (Phi) is 7.08. The first-order chi connectivity index (χ1) is 13.6. The molecule has 0 bridgehead atoms. The van der Waals surface area contributed by atoms with Gasteiger partial charge in [0.25, 0.3) is 0 Å². The van der Waals surface area contributed by atoms with Gasteiger partial charge in [-0.25, -0.2) is 0 Å². The maximum atomic E-state index is 10.7. The highest BCUT2D eigenvalue weighted by Crippen LogP contribution is 2.29. The Balaban J connectivity index is 1.56. The van der Waals surface area contributed by atoms with E-state index < -0.39 is 5.60 Å². The molecule has 1 saturated heterocycles. The molecular weight excluding hydrogens is 348 g/mol. The summed E-state index contributed by atoms with van der Waals surface area (Å²) in [5.74, 6) is 7.18. The Bertz CT molecular complexity index is 791. The molecule has 2 aromatic rings. The Labute approximate surface area is 168 Å². The molecule has 0 saturated carbocycles. The number of aliphatic hydroxyl groups is 1. The van der Waals surface area contributed by atoms with Crippen LogP contribution in [0.3, 0.4) is 0 Å². The predicted molar refractivity (Wildman–Crippen MR) is 112 cm³/mol. The number of nitrogens with zero attached hydrogens (tertiary/aromatic N) is 2. The van der Waals surface area contributed by atoms with Crippen molar-refractivity contribution in [3.63, 3.8) is 0 Å². The number of aromatic nitrogens is 1. The molecule has 0 aliphatic carbocycles. The number of rotatable bonds is 6. The molecule has 0 radical (unpaired) electrons. The summed E-state index contributed by atoms with van der Waals surface area (Å²) in [6.45, 7) is 3.53. The Morgan fingerprint density at radius 1 is 1.25 bits per heavy atom. The van der Waals surface area contributed by atoms with Gasteiger partial charge in [-0.2, -0.15) is 0 Å². The lowest BCUT2D eigenvalue weighted by atomic mass is 9.96. The maximum Gasteiger partial charge on any atom is 0.123 e. The summed E-state index contributed by atoms with van der Waals surface area (Å²) < 4.78 is 5.19. The lowest BCUT2D eigenvalue weighted by Gasteiger charge is -2.34. The number of likely N-dealkylation sites (tertiary alicyclic amines) is 1. The molecule has 2 unspecified atom stereocenters. The van der Waals surface area contributed by atoms with Gasteiger partial charge in [0.15, 0.2) is 0 Å². The Morgan fingerprint density at radius 3 is 2.79 bits per heavy atom. The molecule has 1 aromatic heterocycles. The highest BCUT2D eigenvalue weighted by molar-refractivity contribution is 5.27. The van der Waals surface area contributed by atoms with Gasteiger partial charge in [0.1, 0.15) is 11.4 Å². The van der Waals surface area contributed by atoms with Crippen molar-refractivity contribution in [2.45, 2.75) is 50.7 Å². The number of pyridine rings is 1. The second kappa shape index (κ2) is 9.73. The van der Waals surface area contributed by atoms with Gasteiger partial charge in [0.2, 0.25) is 0 Å². The van der Waals surface area contributed by atoms with Gasteiger partial charge in [-0.15, -0.1) is 0 Å². The van der Waals surface area contributed by atoms with Crippen molar-refractivity contribution >= 4 is 0 Å². The molecule has 0 spiro atoms. The minimum absolute atomic E-state index is 0.376. The van der Waals surface area contributed by atoms with Crippen LogP contribution in [0, 0.1) is 11.8 Å². The van der Waals surface area contributed by atoms with Crippen LogP contribution in [-0.4, -0.2) is 40.8 Å². The van der Waals surface area contributed by atoms with Gasteiger partial charge in [-0.05, 0) is 68.5 Å². The quantitative estimate of drug-likeness (QED) is 0.772. The van der Waals surface area contributed by atoms with Crippen LogP contribution >= 0.6 is 0 Å². The minimum atomic E-state index is -0.987. The minimum Gasteiger partial charge on any atom is -0.497 e. The van der Waals surface area contributed by atoms with Gasteiger partial charge in [-0.3, -0.25) is 9.88 Å². The molecule has 28 heavy (non-hydrogen) atoms. The first kappa shape index (κ1) is 20.4. The summed E-state index contributed by atoms with van der Waals surface area (Å²) in [6.07, 6.45) is 8.75. The summed E-state index contributed by atoms with van der Waals surface area (Å²) in [6, 6.07) is 12.5. The Morgan fingerprint density at radius 2 is 2.07 bits per heavy atom. The number of hydrogen-bond acceptors (Lipinski definition) is 4. The highest BCUT2D eigenvalue weighted by Gasteiger charge is 2.23. The molecule has 1 N–H and O–H groups in total. The van der Waals surface area contributed by atoms with E-state index in [-0.39, 0.29) is 0 Å². The molecule has 1 aliphatic rings. The number of hydrogen-bond donors (Lipinski definition) is 1. The van der Waals surface area contributed by atoms with Gasteiger partial charge in [0.05, 0.1) is 13.7 Å². The molecule has 2 atom stereocenters. The van der Waals surface area contributed by atoms with Crippen molar-refractivity contribution in [3.05, 3.63) is 59.9 Å². The van der Waals surface area contributed by atoms with Crippen molar-refractivity contribution in [1.82, 2.24) is 9.88 Å². The summed E-state index contributed by atoms with van der Waals surface area (Å²) in [7, 11) is 1.66. The van der Waals surface area contributed by atoms with Crippen LogP contribution in [0.4, 0.5) is 0 Å². The number of methoxy groups -OCH3 is 1. The standard InChI is InChI=1S/C24H30N2O2/c1-24(27,15-13-20-9-11-22(28-2)12-10-20)14-6-18-26-17-4-3-8-23(26)21-7-5-16-25-19-21/h5,7,9-12,16,19,23,27H,3-4,8,13,15,17-18H2,1-2H3. The van der Waals surface area contributed by atoms with E-state index >= 15 is 0 Å². The number of piperidine rings is 1. The first-order valence-electron chi connectivity index (χ1n) is 10.1. The lowest BCUT2D eigenvalue weighted by Crippen LogP contribution is -2.34. The predicted octanol–water partition coefficient (Wildman–Crippen LogP) is 4.00. The SMILES string of the molecule is COc1ccc(CCC(C)(O)C#CCN2CCCCC2c2cccnc2)cc1. The average molecular weight is 379 g/mol. The van der Waals surface area contributed by atoms with Crippen molar-refractivity contribution in [2.75, 3.05) is 20.2 Å². The molecule has 4 nitrogen and oxygen atoms in total. The third-order valence-corrected chi connectivity index (χ3v) is 5.38. The molecule has 2 heterocycles. The van der Waals surface area contributed by atoms with E-state index in [1.165, 1.54) is 24.0 Å². The molecule has 4 heteroatoms. The zero-order valence-corrected chi connectivity index (χ0v) is 16.9. The first-order valence-corrected chi connectivity index (χ1v) is 10.1. The van der Waals surface area contributed by atoms with Crippen LogP contribution in [0.2, 0.25) is 0 Å². The normalized spacial score (nSPS) is 19.3. The molecule has 3 rings (SSSR count). The van der Waals surface area contributed by atoms with Crippen molar-refractivity contribution < 1.29 is 9.84 Å². The third kappa shape index (κ3) is 5.82. The number of aryl methyl sites for hydroxylation is 1. The topological polar surface area (TPSA) is 45.6 Å². The molecule has 148 valence electrons. The van der Waals surface area contributed by atoms with Crippen LogP contribution in [0.1, 0.15) is 49.8 Å². The third-order valence-electron chi connectivity index (χ3n) is 5.38. The van der Waals surface area contributed by atoms with E-state index in [4.69, 9.17) is 4.74 Å². The van der Waals surface area contributed by atoms with Crippen molar-refractivity contribution in [3.8, 4) is 17.6 Å². The van der Waals surface area contributed by atoms with Gasteiger partial charge in [0, 0.05) is 18.4 Å². The van der Waals surface area contributed by atoms with Gasteiger partial charge >= 0.3 is 0 Å². The fourth-order valence-electron chi connectivity index (χ4n) is 3.70. The van der Waals surface area contributed by atoms with Gasteiger partial charge < -0.3 is 9.84 Å².